The summed E-state index contributed by atoms with van der Waals surface area (Å²) in [5, 5.41) is 0. The van der Waals surface area contributed by atoms with Gasteiger partial charge in [0.2, 0.25) is 0 Å². The molecule has 0 radical (unpaired) electrons. The predicted octanol–water partition coefficient (Wildman–Crippen LogP) is 5.57. The number of rotatable bonds is 1. The molecule has 2 unspecified atom stereocenters. The Morgan fingerprint density at radius 1 is 1.11 bits per heavy atom. The maximum absolute atomic E-state index is 13.8. The van der Waals surface area contributed by atoms with Gasteiger partial charge in [-0.3, -0.25) is 4.79 Å². The second-order valence-electron chi connectivity index (χ2n) is 7.17. The van der Waals surface area contributed by atoms with Crippen molar-refractivity contribution in [3.63, 3.8) is 0 Å². The molecule has 0 aliphatic heterocycles. The monoisotopic (exact) mass is 375 g/mol. The molecule has 2 aromatic carbocycles. The van der Waals surface area contributed by atoms with Crippen molar-refractivity contribution in [1.29, 1.82) is 0 Å². The fourth-order valence-corrected chi connectivity index (χ4v) is 4.95. The molecule has 4 heteroatoms. The fraction of sp³-hybridized carbons (Fsp3) is 0.174. The number of hydrogen-bond acceptors (Lipinski definition) is 2. The van der Waals surface area contributed by atoms with Crippen molar-refractivity contribution in [3.05, 3.63) is 92.9 Å². The summed E-state index contributed by atoms with van der Waals surface area (Å²) in [6.45, 7) is 0. The summed E-state index contributed by atoms with van der Waals surface area (Å²) in [5.41, 5.74) is 5.32. The average Bonchev–Trinajstić information content (AvgIpc) is 2.97. The summed E-state index contributed by atoms with van der Waals surface area (Å²) >= 11 is 1.22. The zero-order chi connectivity index (χ0) is 18.4. The summed E-state index contributed by atoms with van der Waals surface area (Å²) in [6, 6.07) is 11.2. The van der Waals surface area contributed by atoms with Gasteiger partial charge >= 0.3 is 4.87 Å². The molecule has 0 saturated carbocycles. The van der Waals surface area contributed by atoms with Gasteiger partial charge < -0.3 is 4.98 Å². The molecule has 2 aliphatic carbocycles. The summed E-state index contributed by atoms with van der Waals surface area (Å²) in [4.78, 5) is 14.5. The first kappa shape index (κ1) is 16.5. The van der Waals surface area contributed by atoms with Crippen molar-refractivity contribution in [3.8, 4) is 0 Å². The van der Waals surface area contributed by atoms with Crippen LogP contribution in [0, 0.1) is 17.7 Å². The van der Waals surface area contributed by atoms with Crippen LogP contribution in [0.25, 0.3) is 21.9 Å². The van der Waals surface area contributed by atoms with Crippen LogP contribution in [-0.2, 0) is 6.42 Å². The number of nitrogens with one attached hydrogen (secondary N) is 1. The SMILES string of the molecule is O=c1[nH]c2cc(/C=C3\c4ccc(F)cc4CCC4C=CC=CC34)ccc2s1. The largest absolute Gasteiger partial charge is 0.312 e. The minimum absolute atomic E-state index is 0.0366. The molecule has 0 bridgehead atoms. The third-order valence-corrected chi connectivity index (χ3v) is 6.36. The highest BCUT2D eigenvalue weighted by molar-refractivity contribution is 7.16. The minimum Gasteiger partial charge on any atom is -0.312 e. The summed E-state index contributed by atoms with van der Waals surface area (Å²) in [6.07, 6.45) is 12.8. The Morgan fingerprint density at radius 3 is 2.93 bits per heavy atom. The van der Waals surface area contributed by atoms with Crippen LogP contribution in [0.5, 0.6) is 0 Å². The number of thiazole rings is 1. The Labute approximate surface area is 160 Å². The molecule has 134 valence electrons. The number of aryl methyl sites for hydroxylation is 1. The van der Waals surface area contributed by atoms with E-state index in [1.807, 2.05) is 24.3 Å². The molecular formula is C23H18FNOS. The molecule has 27 heavy (non-hydrogen) atoms. The zero-order valence-electron chi connectivity index (χ0n) is 14.6. The molecule has 0 saturated heterocycles. The fourth-order valence-electron chi connectivity index (χ4n) is 4.23. The predicted molar refractivity (Wildman–Crippen MR) is 110 cm³/mol. The van der Waals surface area contributed by atoms with Crippen molar-refractivity contribution in [1.82, 2.24) is 4.98 Å². The van der Waals surface area contributed by atoms with E-state index >= 15 is 0 Å². The molecule has 5 rings (SSSR count). The topological polar surface area (TPSA) is 32.9 Å². The molecule has 2 aliphatic rings. The van der Waals surface area contributed by atoms with Crippen LogP contribution in [0.1, 0.15) is 23.1 Å². The van der Waals surface area contributed by atoms with E-state index in [0.29, 0.717) is 5.92 Å². The van der Waals surface area contributed by atoms with Crippen LogP contribution in [0.4, 0.5) is 4.39 Å². The summed E-state index contributed by atoms with van der Waals surface area (Å²) in [7, 11) is 0. The Kier molecular flexibility index (Phi) is 3.94. The first-order chi connectivity index (χ1) is 13.2. The van der Waals surface area contributed by atoms with E-state index in [1.54, 1.807) is 12.1 Å². The molecule has 3 aromatic rings. The molecule has 0 fully saturated rings. The van der Waals surface area contributed by atoms with E-state index in [-0.39, 0.29) is 16.6 Å². The molecule has 1 aromatic heterocycles. The lowest BCUT2D eigenvalue weighted by molar-refractivity contribution is 0.529. The quantitative estimate of drug-likeness (QED) is 0.592. The van der Waals surface area contributed by atoms with Crippen molar-refractivity contribution in [2.45, 2.75) is 12.8 Å². The van der Waals surface area contributed by atoms with E-state index in [9.17, 15) is 9.18 Å². The first-order valence-electron chi connectivity index (χ1n) is 9.16. The third-order valence-electron chi connectivity index (χ3n) is 5.50. The summed E-state index contributed by atoms with van der Waals surface area (Å²) in [5.74, 6) is 0.515. The van der Waals surface area contributed by atoms with Gasteiger partial charge in [-0.05, 0) is 65.3 Å². The summed E-state index contributed by atoms with van der Waals surface area (Å²) < 4.78 is 14.8. The average molecular weight is 375 g/mol. The molecule has 2 nitrogen and oxygen atoms in total. The highest BCUT2D eigenvalue weighted by Crippen LogP contribution is 2.42. The van der Waals surface area contributed by atoms with Gasteiger partial charge in [0.15, 0.2) is 0 Å². The number of aromatic amines is 1. The molecular weight excluding hydrogens is 357 g/mol. The second kappa shape index (κ2) is 6.46. The number of benzene rings is 2. The highest BCUT2D eigenvalue weighted by Gasteiger charge is 2.28. The number of aromatic nitrogens is 1. The van der Waals surface area contributed by atoms with Crippen LogP contribution in [0.15, 0.2) is 65.5 Å². The van der Waals surface area contributed by atoms with Gasteiger partial charge in [0, 0.05) is 5.92 Å². The maximum atomic E-state index is 13.8. The standard InChI is InChI=1S/C23H18FNOS/c24-17-8-9-19-16(13-17)7-6-15-3-1-2-4-18(15)20(19)11-14-5-10-22-21(12-14)25-23(26)27-22/h1-5,8-13,15,18H,6-7H2,(H,25,26)/b20-11-. The van der Waals surface area contributed by atoms with E-state index in [1.165, 1.54) is 16.9 Å². The zero-order valence-corrected chi connectivity index (χ0v) is 15.4. The first-order valence-corrected chi connectivity index (χ1v) is 9.97. The molecule has 2 atom stereocenters. The van der Waals surface area contributed by atoms with Gasteiger partial charge in [0.05, 0.1) is 10.2 Å². The maximum Gasteiger partial charge on any atom is 0.305 e. The number of hydrogen-bond donors (Lipinski definition) is 1. The van der Waals surface area contributed by atoms with Gasteiger partial charge in [0.25, 0.3) is 0 Å². The molecule has 0 amide bonds. The van der Waals surface area contributed by atoms with Gasteiger partial charge in [-0.15, -0.1) is 0 Å². The molecule has 0 spiro atoms. The normalized spacial score (nSPS) is 22.6. The van der Waals surface area contributed by atoms with Crippen LogP contribution in [0.3, 0.4) is 0 Å². The van der Waals surface area contributed by atoms with Gasteiger partial charge in [-0.25, -0.2) is 4.39 Å². The minimum atomic E-state index is -0.179. The number of allylic oxidation sites excluding steroid dienone is 5. The van der Waals surface area contributed by atoms with E-state index in [4.69, 9.17) is 0 Å². The van der Waals surface area contributed by atoms with Crippen molar-refractivity contribution in [2.75, 3.05) is 0 Å². The van der Waals surface area contributed by atoms with E-state index < -0.39 is 0 Å². The van der Waals surface area contributed by atoms with Crippen molar-refractivity contribution in [2.24, 2.45) is 11.8 Å². The number of halogens is 1. The van der Waals surface area contributed by atoms with Crippen LogP contribution in [-0.4, -0.2) is 4.98 Å². The second-order valence-corrected chi connectivity index (χ2v) is 8.18. The van der Waals surface area contributed by atoms with E-state index in [0.717, 1.165) is 39.7 Å². The van der Waals surface area contributed by atoms with Crippen molar-refractivity contribution >= 4 is 33.2 Å². The number of H-pyrrole nitrogens is 1. The lowest BCUT2D eigenvalue weighted by atomic mass is 9.79. The Hall–Kier alpha value is -2.72. The van der Waals surface area contributed by atoms with E-state index in [2.05, 4.69) is 35.4 Å². The van der Waals surface area contributed by atoms with Crippen LogP contribution in [0.2, 0.25) is 0 Å². The lowest BCUT2D eigenvalue weighted by Gasteiger charge is -2.24. The Balaban J connectivity index is 1.69. The van der Waals surface area contributed by atoms with Crippen molar-refractivity contribution < 1.29 is 4.39 Å². The third kappa shape index (κ3) is 3.00. The number of fused-ring (bicyclic) bond motifs is 3. The lowest BCUT2D eigenvalue weighted by Crippen LogP contribution is -2.12. The Morgan fingerprint density at radius 2 is 2.00 bits per heavy atom. The highest BCUT2D eigenvalue weighted by atomic mass is 32.1. The smallest absolute Gasteiger partial charge is 0.305 e. The molecule has 1 N–H and O–H groups in total. The van der Waals surface area contributed by atoms with Crippen LogP contribution >= 0.6 is 11.3 Å². The van der Waals surface area contributed by atoms with Gasteiger partial charge in [-0.2, -0.15) is 0 Å². The van der Waals surface area contributed by atoms with Gasteiger partial charge in [0.1, 0.15) is 5.82 Å². The molecule has 1 heterocycles. The Bertz CT molecular complexity index is 1180. The van der Waals surface area contributed by atoms with Gasteiger partial charge in [-0.1, -0.05) is 53.8 Å². The van der Waals surface area contributed by atoms with Crippen LogP contribution < -0.4 is 4.87 Å².